The second-order valence-electron chi connectivity index (χ2n) is 7.73. The average Bonchev–Trinajstić information content (AvgIpc) is 2.37. The third-order valence-electron chi connectivity index (χ3n) is 4.16. The first-order valence-corrected chi connectivity index (χ1v) is 10.3. The molecular weight excluding hydrogens is 360 g/mol. The van der Waals surface area contributed by atoms with E-state index in [1.165, 1.54) is 51.4 Å². The smallest absolute Gasteiger partial charge is 0.0614 e. The molecular formula is C19H38BrClO. The number of unbranched alkanes of at least 4 members (excludes halogenated alkanes) is 5. The van der Waals surface area contributed by atoms with Gasteiger partial charge in [-0.3, -0.25) is 0 Å². The van der Waals surface area contributed by atoms with Crippen molar-refractivity contribution < 1.29 is 4.74 Å². The van der Waals surface area contributed by atoms with Crippen LogP contribution in [0.15, 0.2) is 0 Å². The van der Waals surface area contributed by atoms with E-state index < -0.39 is 0 Å². The van der Waals surface area contributed by atoms with Crippen LogP contribution in [0.25, 0.3) is 0 Å². The largest absolute Gasteiger partial charge is 0.380 e. The first-order valence-electron chi connectivity index (χ1n) is 9.12. The molecule has 0 aliphatic heterocycles. The summed E-state index contributed by atoms with van der Waals surface area (Å²) in [5, 5.41) is 0. The molecule has 0 aromatic rings. The molecule has 3 heteroatoms. The third-order valence-corrected chi connectivity index (χ3v) is 4.70. The van der Waals surface area contributed by atoms with Crippen LogP contribution in [-0.4, -0.2) is 22.4 Å². The van der Waals surface area contributed by atoms with Crippen molar-refractivity contribution >= 4 is 27.5 Å². The van der Waals surface area contributed by atoms with Crippen LogP contribution in [0.3, 0.4) is 0 Å². The van der Waals surface area contributed by atoms with Gasteiger partial charge >= 0.3 is 0 Å². The lowest BCUT2D eigenvalue weighted by atomic mass is 9.85. The summed E-state index contributed by atoms with van der Waals surface area (Å²) in [6.07, 6.45) is 11.7. The molecule has 1 nitrogen and oxygen atoms in total. The fourth-order valence-electron chi connectivity index (χ4n) is 2.75. The minimum Gasteiger partial charge on any atom is -0.380 e. The molecule has 0 radical (unpaired) electrons. The maximum atomic E-state index is 6.60. The van der Waals surface area contributed by atoms with E-state index in [1.54, 1.807) is 0 Å². The highest BCUT2D eigenvalue weighted by atomic mass is 79.9. The molecule has 0 rings (SSSR count). The maximum Gasteiger partial charge on any atom is 0.0614 e. The zero-order valence-corrected chi connectivity index (χ0v) is 17.9. The summed E-state index contributed by atoms with van der Waals surface area (Å²) in [5.74, 6) is 0.598. The van der Waals surface area contributed by atoms with E-state index in [0.717, 1.165) is 19.6 Å². The molecule has 0 N–H and O–H groups in total. The van der Waals surface area contributed by atoms with Crippen molar-refractivity contribution in [2.75, 3.05) is 13.2 Å². The summed E-state index contributed by atoms with van der Waals surface area (Å²) in [4.78, 5) is -0.0991. The summed E-state index contributed by atoms with van der Waals surface area (Å²) >= 11 is 10.2. The normalized spacial score (nSPS) is 14.3. The van der Waals surface area contributed by atoms with E-state index in [1.807, 2.05) is 0 Å². The molecule has 0 aromatic heterocycles. The van der Waals surface area contributed by atoms with Crippen LogP contribution in [0.4, 0.5) is 0 Å². The summed E-state index contributed by atoms with van der Waals surface area (Å²) in [5.41, 5.74) is 0. The topological polar surface area (TPSA) is 9.23 Å². The lowest BCUT2D eigenvalue weighted by molar-refractivity contribution is 0.112. The highest BCUT2D eigenvalue weighted by Crippen LogP contribution is 2.32. The Balaban J connectivity index is 3.85. The van der Waals surface area contributed by atoms with E-state index in [9.17, 15) is 0 Å². The Labute approximate surface area is 153 Å². The molecule has 0 aromatic carbocycles. The van der Waals surface area contributed by atoms with Crippen molar-refractivity contribution in [3.63, 3.8) is 0 Å². The molecule has 0 bridgehead atoms. The van der Waals surface area contributed by atoms with E-state index >= 15 is 0 Å². The van der Waals surface area contributed by atoms with E-state index in [2.05, 4.69) is 50.5 Å². The average molecular weight is 398 g/mol. The molecule has 0 heterocycles. The SMILES string of the molecule is CCCCCCCCC(CCCOCC(C)(C)Br)C(C)(C)Cl. The molecule has 0 spiro atoms. The van der Waals surface area contributed by atoms with Gasteiger partial charge in [-0.1, -0.05) is 61.4 Å². The number of halogens is 2. The number of hydrogen-bond donors (Lipinski definition) is 0. The minimum absolute atomic E-state index is 0.0800. The number of ether oxygens (including phenoxy) is 1. The molecule has 1 unspecified atom stereocenters. The summed E-state index contributed by atoms with van der Waals surface area (Å²) in [7, 11) is 0. The zero-order valence-electron chi connectivity index (χ0n) is 15.5. The quantitative estimate of drug-likeness (QED) is 0.220. The molecule has 0 aliphatic carbocycles. The van der Waals surface area contributed by atoms with Gasteiger partial charge < -0.3 is 4.74 Å². The van der Waals surface area contributed by atoms with Gasteiger partial charge in [0.25, 0.3) is 0 Å². The van der Waals surface area contributed by atoms with E-state index in [0.29, 0.717) is 5.92 Å². The van der Waals surface area contributed by atoms with E-state index in [4.69, 9.17) is 16.3 Å². The van der Waals surface area contributed by atoms with Gasteiger partial charge in [-0.2, -0.15) is 0 Å². The van der Waals surface area contributed by atoms with Crippen molar-refractivity contribution in [2.45, 2.75) is 102 Å². The molecule has 0 fully saturated rings. The lowest BCUT2D eigenvalue weighted by Gasteiger charge is -2.29. The van der Waals surface area contributed by atoms with Gasteiger partial charge in [0.1, 0.15) is 0 Å². The molecule has 0 aliphatic rings. The first-order chi connectivity index (χ1) is 10.2. The van der Waals surface area contributed by atoms with Crippen LogP contribution < -0.4 is 0 Å². The van der Waals surface area contributed by atoms with Crippen LogP contribution >= 0.6 is 27.5 Å². The number of rotatable bonds is 14. The minimum atomic E-state index is -0.0991. The predicted octanol–water partition coefficient (Wildman–Crippen LogP) is 7.34. The summed E-state index contributed by atoms with van der Waals surface area (Å²) in [6, 6.07) is 0. The molecule has 22 heavy (non-hydrogen) atoms. The molecule has 1 atom stereocenters. The maximum absolute atomic E-state index is 6.60. The highest BCUT2D eigenvalue weighted by molar-refractivity contribution is 9.10. The molecule has 134 valence electrons. The third kappa shape index (κ3) is 14.3. The van der Waals surface area contributed by atoms with Crippen LogP contribution in [0.5, 0.6) is 0 Å². The van der Waals surface area contributed by atoms with Crippen LogP contribution in [0.1, 0.15) is 92.4 Å². The fourth-order valence-corrected chi connectivity index (χ4v) is 3.13. The molecule has 0 amide bonds. The van der Waals surface area contributed by atoms with Crippen molar-refractivity contribution in [2.24, 2.45) is 5.92 Å². The number of hydrogen-bond acceptors (Lipinski definition) is 1. The van der Waals surface area contributed by atoms with Gasteiger partial charge in [0.2, 0.25) is 0 Å². The second-order valence-corrected chi connectivity index (χ2v) is 10.9. The van der Waals surface area contributed by atoms with Gasteiger partial charge in [0.05, 0.1) is 6.61 Å². The van der Waals surface area contributed by atoms with Gasteiger partial charge in [0, 0.05) is 15.8 Å². The highest BCUT2D eigenvalue weighted by Gasteiger charge is 2.26. The van der Waals surface area contributed by atoms with Crippen LogP contribution in [-0.2, 0) is 4.74 Å². The van der Waals surface area contributed by atoms with Crippen molar-refractivity contribution in [1.29, 1.82) is 0 Å². The van der Waals surface area contributed by atoms with Gasteiger partial charge in [-0.05, 0) is 52.9 Å². The Morgan fingerprint density at radius 1 is 0.909 bits per heavy atom. The van der Waals surface area contributed by atoms with E-state index in [-0.39, 0.29) is 9.20 Å². The monoisotopic (exact) mass is 396 g/mol. The zero-order chi connectivity index (χ0) is 17.1. The van der Waals surface area contributed by atoms with Gasteiger partial charge in [0.15, 0.2) is 0 Å². The Hall–Kier alpha value is 0.730. The Kier molecular flexibility index (Phi) is 12.5. The van der Waals surface area contributed by atoms with Gasteiger partial charge in [-0.25, -0.2) is 0 Å². The summed E-state index contributed by atoms with van der Waals surface area (Å²) in [6.45, 7) is 12.5. The Bertz CT molecular complexity index is 255. The van der Waals surface area contributed by atoms with Crippen molar-refractivity contribution in [3.8, 4) is 0 Å². The van der Waals surface area contributed by atoms with Crippen molar-refractivity contribution in [3.05, 3.63) is 0 Å². The van der Waals surface area contributed by atoms with Crippen molar-refractivity contribution in [1.82, 2.24) is 0 Å². The molecule has 0 saturated carbocycles. The number of alkyl halides is 2. The summed E-state index contributed by atoms with van der Waals surface area (Å²) < 4.78 is 5.82. The molecule has 0 saturated heterocycles. The van der Waals surface area contributed by atoms with Crippen LogP contribution in [0, 0.1) is 5.92 Å². The Morgan fingerprint density at radius 2 is 1.45 bits per heavy atom. The van der Waals surface area contributed by atoms with Gasteiger partial charge in [-0.15, -0.1) is 11.6 Å². The fraction of sp³-hybridized carbons (Fsp3) is 1.00. The Morgan fingerprint density at radius 3 is 2.00 bits per heavy atom. The first kappa shape index (κ1) is 22.7. The lowest BCUT2D eigenvalue weighted by Crippen LogP contribution is -2.25. The second kappa shape index (κ2) is 12.1. The standard InChI is InChI=1S/C19H38BrClO/c1-6-7-8-9-10-11-13-17(19(4,5)21)14-12-15-22-16-18(2,3)20/h17H,6-16H2,1-5H3. The predicted molar refractivity (Wildman–Crippen MR) is 104 cm³/mol. The van der Waals surface area contributed by atoms with Crippen LogP contribution in [0.2, 0.25) is 0 Å².